The summed E-state index contributed by atoms with van der Waals surface area (Å²) >= 11 is 0. The Hall–Kier alpha value is -1.31. The highest BCUT2D eigenvalue weighted by Crippen LogP contribution is 2.08. The Kier molecular flexibility index (Phi) is 4.35. The molecule has 1 aromatic carbocycles. The van der Waals surface area contributed by atoms with Crippen LogP contribution < -0.4 is 0 Å². The third-order valence-electron chi connectivity index (χ3n) is 2.39. The van der Waals surface area contributed by atoms with Gasteiger partial charge in [-0.3, -0.25) is 4.79 Å². The van der Waals surface area contributed by atoms with Gasteiger partial charge in [0.1, 0.15) is 0 Å². The highest BCUT2D eigenvalue weighted by molar-refractivity contribution is 5.73. The van der Waals surface area contributed by atoms with Gasteiger partial charge in [0.15, 0.2) is 0 Å². The Morgan fingerprint density at radius 3 is 2.67 bits per heavy atom. The van der Waals surface area contributed by atoms with Crippen LogP contribution in [-0.4, -0.2) is 17.4 Å². The van der Waals surface area contributed by atoms with E-state index in [2.05, 4.69) is 32.0 Å². The summed E-state index contributed by atoms with van der Waals surface area (Å²) in [6.45, 7) is 7.35. The molecule has 0 atom stereocenters. The zero-order chi connectivity index (χ0) is 11.3. The lowest BCUT2D eigenvalue weighted by Crippen LogP contribution is -2.28. The van der Waals surface area contributed by atoms with Gasteiger partial charge in [-0.2, -0.15) is 0 Å². The predicted octanol–water partition coefficient (Wildman–Crippen LogP) is 2.75. The topological polar surface area (TPSA) is 20.3 Å². The van der Waals surface area contributed by atoms with Crippen LogP contribution in [0, 0.1) is 6.92 Å². The van der Waals surface area contributed by atoms with E-state index < -0.39 is 0 Å². The van der Waals surface area contributed by atoms with Gasteiger partial charge in [0.2, 0.25) is 5.91 Å². The molecule has 82 valence electrons. The zero-order valence-corrected chi connectivity index (χ0v) is 9.79. The molecule has 0 aromatic heterocycles. The van der Waals surface area contributed by atoms with Gasteiger partial charge in [-0.05, 0) is 18.9 Å². The summed E-state index contributed by atoms with van der Waals surface area (Å²) in [7, 11) is 0. The Bertz CT molecular complexity index is 333. The lowest BCUT2D eigenvalue weighted by Gasteiger charge is -2.20. The van der Waals surface area contributed by atoms with Gasteiger partial charge < -0.3 is 4.90 Å². The molecule has 0 bridgehead atoms. The van der Waals surface area contributed by atoms with Gasteiger partial charge in [0.25, 0.3) is 0 Å². The van der Waals surface area contributed by atoms with E-state index in [9.17, 15) is 4.79 Å². The Morgan fingerprint density at radius 1 is 1.40 bits per heavy atom. The third kappa shape index (κ3) is 3.74. The molecule has 0 saturated carbocycles. The molecular weight excluding hydrogens is 186 g/mol. The van der Waals surface area contributed by atoms with Gasteiger partial charge in [-0.25, -0.2) is 0 Å². The van der Waals surface area contributed by atoms with Crippen molar-refractivity contribution in [3.8, 4) is 0 Å². The maximum Gasteiger partial charge on any atom is 0.219 e. The molecule has 0 aliphatic rings. The highest BCUT2D eigenvalue weighted by atomic mass is 16.2. The van der Waals surface area contributed by atoms with E-state index in [-0.39, 0.29) is 5.91 Å². The second kappa shape index (κ2) is 5.54. The lowest BCUT2D eigenvalue weighted by molar-refractivity contribution is -0.129. The largest absolute Gasteiger partial charge is 0.339 e. The van der Waals surface area contributed by atoms with Crippen LogP contribution in [0.2, 0.25) is 0 Å². The summed E-state index contributed by atoms with van der Waals surface area (Å²) in [6.07, 6.45) is 1.01. The number of hydrogen-bond acceptors (Lipinski definition) is 1. The van der Waals surface area contributed by atoms with E-state index in [4.69, 9.17) is 0 Å². The number of benzene rings is 1. The number of amides is 1. The van der Waals surface area contributed by atoms with Crippen molar-refractivity contribution in [3.63, 3.8) is 0 Å². The van der Waals surface area contributed by atoms with Gasteiger partial charge in [-0.15, -0.1) is 0 Å². The van der Waals surface area contributed by atoms with Gasteiger partial charge in [-0.1, -0.05) is 36.8 Å². The van der Waals surface area contributed by atoms with Crippen molar-refractivity contribution in [1.82, 2.24) is 4.90 Å². The average Bonchev–Trinajstić information content (AvgIpc) is 2.17. The number of rotatable bonds is 4. The summed E-state index contributed by atoms with van der Waals surface area (Å²) in [5, 5.41) is 0. The fourth-order valence-corrected chi connectivity index (χ4v) is 1.65. The first-order chi connectivity index (χ1) is 7.13. The van der Waals surface area contributed by atoms with E-state index in [1.807, 2.05) is 11.0 Å². The molecule has 1 aromatic rings. The van der Waals surface area contributed by atoms with E-state index >= 15 is 0 Å². The lowest BCUT2D eigenvalue weighted by atomic mass is 10.1. The van der Waals surface area contributed by atoms with Crippen LogP contribution in [0.1, 0.15) is 31.4 Å². The molecule has 0 aliphatic carbocycles. The summed E-state index contributed by atoms with van der Waals surface area (Å²) in [5.41, 5.74) is 2.45. The SMILES string of the molecule is CCCN(Cc1cccc(C)c1)C(C)=O. The first-order valence-corrected chi connectivity index (χ1v) is 5.44. The molecule has 0 saturated heterocycles. The number of carbonyl (C=O) groups excluding carboxylic acids is 1. The van der Waals surface area contributed by atoms with Gasteiger partial charge >= 0.3 is 0 Å². The quantitative estimate of drug-likeness (QED) is 0.740. The molecule has 1 amide bonds. The monoisotopic (exact) mass is 205 g/mol. The molecule has 2 nitrogen and oxygen atoms in total. The molecule has 15 heavy (non-hydrogen) atoms. The molecule has 0 aliphatic heterocycles. The summed E-state index contributed by atoms with van der Waals surface area (Å²) in [6, 6.07) is 8.31. The summed E-state index contributed by atoms with van der Waals surface area (Å²) in [5.74, 6) is 0.151. The van der Waals surface area contributed by atoms with Crippen molar-refractivity contribution in [1.29, 1.82) is 0 Å². The van der Waals surface area contributed by atoms with Crippen LogP contribution >= 0.6 is 0 Å². The number of carbonyl (C=O) groups is 1. The normalized spacial score (nSPS) is 10.1. The van der Waals surface area contributed by atoms with Crippen LogP contribution in [-0.2, 0) is 11.3 Å². The molecule has 0 N–H and O–H groups in total. The van der Waals surface area contributed by atoms with Gasteiger partial charge in [0, 0.05) is 20.0 Å². The smallest absolute Gasteiger partial charge is 0.219 e. The maximum atomic E-state index is 11.3. The first kappa shape index (κ1) is 11.8. The van der Waals surface area contributed by atoms with Crippen LogP contribution in [0.5, 0.6) is 0 Å². The van der Waals surface area contributed by atoms with E-state index in [1.165, 1.54) is 11.1 Å². The molecule has 1 rings (SSSR count). The molecule has 2 heteroatoms. The molecule has 0 fully saturated rings. The first-order valence-electron chi connectivity index (χ1n) is 5.44. The van der Waals surface area contributed by atoms with Crippen molar-refractivity contribution in [3.05, 3.63) is 35.4 Å². The Labute approximate surface area is 91.9 Å². The van der Waals surface area contributed by atoms with Gasteiger partial charge in [0.05, 0.1) is 0 Å². The third-order valence-corrected chi connectivity index (χ3v) is 2.39. The fraction of sp³-hybridized carbons (Fsp3) is 0.462. The minimum atomic E-state index is 0.151. The number of nitrogens with zero attached hydrogens (tertiary/aromatic N) is 1. The van der Waals surface area contributed by atoms with Crippen LogP contribution in [0.3, 0.4) is 0 Å². The van der Waals surface area contributed by atoms with Crippen LogP contribution in [0.4, 0.5) is 0 Å². The highest BCUT2D eigenvalue weighted by Gasteiger charge is 2.07. The number of aryl methyl sites for hydroxylation is 1. The predicted molar refractivity (Wildman–Crippen MR) is 62.6 cm³/mol. The minimum Gasteiger partial charge on any atom is -0.339 e. The van der Waals surface area contributed by atoms with Crippen LogP contribution in [0.15, 0.2) is 24.3 Å². The summed E-state index contributed by atoms with van der Waals surface area (Å²) in [4.78, 5) is 13.2. The van der Waals surface area contributed by atoms with Crippen molar-refractivity contribution >= 4 is 5.91 Å². The summed E-state index contributed by atoms with van der Waals surface area (Å²) < 4.78 is 0. The second-order valence-electron chi connectivity index (χ2n) is 3.93. The zero-order valence-electron chi connectivity index (χ0n) is 9.79. The van der Waals surface area contributed by atoms with E-state index in [0.29, 0.717) is 0 Å². The van der Waals surface area contributed by atoms with E-state index in [0.717, 1.165) is 19.5 Å². The molecular formula is C13H19NO. The molecule has 0 radical (unpaired) electrons. The van der Waals surface area contributed by atoms with Crippen molar-refractivity contribution in [2.45, 2.75) is 33.7 Å². The van der Waals surface area contributed by atoms with Crippen molar-refractivity contribution in [2.24, 2.45) is 0 Å². The minimum absolute atomic E-state index is 0.151. The second-order valence-corrected chi connectivity index (χ2v) is 3.93. The maximum absolute atomic E-state index is 11.3. The molecule has 0 unspecified atom stereocenters. The van der Waals surface area contributed by atoms with Crippen molar-refractivity contribution < 1.29 is 4.79 Å². The fourth-order valence-electron chi connectivity index (χ4n) is 1.65. The standard InChI is InChI=1S/C13H19NO/c1-4-8-14(12(3)15)10-13-7-5-6-11(2)9-13/h5-7,9H,4,8,10H2,1-3H3. The van der Waals surface area contributed by atoms with Crippen LogP contribution in [0.25, 0.3) is 0 Å². The van der Waals surface area contributed by atoms with Crippen molar-refractivity contribution in [2.75, 3.05) is 6.54 Å². The Balaban J connectivity index is 2.69. The molecule has 0 heterocycles. The van der Waals surface area contributed by atoms with E-state index in [1.54, 1.807) is 6.92 Å². The Morgan fingerprint density at radius 2 is 2.13 bits per heavy atom. The number of hydrogen-bond donors (Lipinski definition) is 0. The average molecular weight is 205 g/mol. The molecule has 0 spiro atoms.